The van der Waals surface area contributed by atoms with Crippen LogP contribution in [-0.4, -0.2) is 15.5 Å². The predicted molar refractivity (Wildman–Crippen MR) is 119 cm³/mol. The van der Waals surface area contributed by atoms with Crippen LogP contribution in [0.4, 0.5) is 5.69 Å². The number of rotatable bonds is 4. The Kier molecular flexibility index (Phi) is 5.36. The number of nitrogens with one attached hydrogen (secondary N) is 1. The maximum Gasteiger partial charge on any atom is 0.263 e. The van der Waals surface area contributed by atoms with E-state index in [-0.39, 0.29) is 17.7 Å². The number of carbonyl (C=O) groups excluding carboxylic acids is 1. The molecular formula is C22H15ClN4O2S. The van der Waals surface area contributed by atoms with Crippen LogP contribution >= 0.6 is 22.9 Å². The third-order valence-corrected chi connectivity index (χ3v) is 5.86. The molecule has 2 aromatic heterocycles. The number of aryl methyl sites for hydroxylation is 1. The SMILES string of the molecule is Cc1sc2ncn(CC(=O)Nc3cc(Cl)ccc3C#N)c(=O)c2c1-c1ccccc1. The van der Waals surface area contributed by atoms with Crippen LogP contribution in [0.2, 0.25) is 5.02 Å². The first-order chi connectivity index (χ1) is 14.5. The summed E-state index contributed by atoms with van der Waals surface area (Å²) in [4.78, 5) is 31.7. The first-order valence-electron chi connectivity index (χ1n) is 9.01. The van der Waals surface area contributed by atoms with Crippen molar-refractivity contribution in [3.8, 4) is 17.2 Å². The average Bonchev–Trinajstić information content (AvgIpc) is 3.07. The van der Waals surface area contributed by atoms with E-state index in [1.54, 1.807) is 6.07 Å². The van der Waals surface area contributed by atoms with Crippen LogP contribution in [0, 0.1) is 18.3 Å². The number of benzene rings is 2. The highest BCUT2D eigenvalue weighted by atomic mass is 35.5. The normalized spacial score (nSPS) is 10.7. The van der Waals surface area contributed by atoms with E-state index < -0.39 is 5.91 Å². The quantitative estimate of drug-likeness (QED) is 0.508. The van der Waals surface area contributed by atoms with Gasteiger partial charge in [0.25, 0.3) is 5.56 Å². The smallest absolute Gasteiger partial charge is 0.263 e. The summed E-state index contributed by atoms with van der Waals surface area (Å²) >= 11 is 7.41. The fourth-order valence-corrected chi connectivity index (χ4v) is 4.44. The van der Waals surface area contributed by atoms with Crippen molar-refractivity contribution in [1.29, 1.82) is 5.26 Å². The molecule has 0 saturated heterocycles. The number of nitriles is 1. The summed E-state index contributed by atoms with van der Waals surface area (Å²) in [5.41, 5.74) is 2.07. The molecule has 0 aliphatic carbocycles. The van der Waals surface area contributed by atoms with Gasteiger partial charge >= 0.3 is 0 Å². The topological polar surface area (TPSA) is 87.8 Å². The molecule has 148 valence electrons. The van der Waals surface area contributed by atoms with E-state index in [9.17, 15) is 14.9 Å². The number of fused-ring (bicyclic) bond motifs is 1. The predicted octanol–water partition coefficient (Wildman–Crippen LogP) is 4.60. The Bertz CT molecular complexity index is 1370. The lowest BCUT2D eigenvalue weighted by atomic mass is 10.0. The molecular weight excluding hydrogens is 420 g/mol. The molecule has 30 heavy (non-hydrogen) atoms. The third kappa shape index (κ3) is 3.71. The molecule has 4 rings (SSSR count). The molecule has 0 bridgehead atoms. The van der Waals surface area contributed by atoms with Gasteiger partial charge in [-0.2, -0.15) is 5.26 Å². The van der Waals surface area contributed by atoms with Gasteiger partial charge in [-0.3, -0.25) is 14.2 Å². The second-order valence-electron chi connectivity index (χ2n) is 6.61. The van der Waals surface area contributed by atoms with Crippen LogP contribution in [0.1, 0.15) is 10.4 Å². The van der Waals surface area contributed by atoms with Crippen molar-refractivity contribution in [2.24, 2.45) is 0 Å². The van der Waals surface area contributed by atoms with Crippen LogP contribution < -0.4 is 10.9 Å². The van der Waals surface area contributed by atoms with E-state index in [1.807, 2.05) is 43.3 Å². The molecule has 0 radical (unpaired) electrons. The molecule has 0 saturated carbocycles. The van der Waals surface area contributed by atoms with Crippen molar-refractivity contribution in [3.05, 3.63) is 80.7 Å². The summed E-state index contributed by atoms with van der Waals surface area (Å²) in [5, 5.41) is 12.7. The second kappa shape index (κ2) is 8.11. The number of carbonyl (C=O) groups is 1. The summed E-state index contributed by atoms with van der Waals surface area (Å²) < 4.78 is 1.27. The first-order valence-corrected chi connectivity index (χ1v) is 10.2. The van der Waals surface area contributed by atoms with E-state index >= 15 is 0 Å². The summed E-state index contributed by atoms with van der Waals surface area (Å²) in [6.07, 6.45) is 1.37. The molecule has 0 aliphatic heterocycles. The van der Waals surface area contributed by atoms with E-state index in [0.717, 1.165) is 16.0 Å². The minimum Gasteiger partial charge on any atom is -0.323 e. The maximum atomic E-state index is 13.2. The Balaban J connectivity index is 1.70. The fraction of sp³-hybridized carbons (Fsp3) is 0.0909. The molecule has 6 nitrogen and oxygen atoms in total. The molecule has 0 aliphatic rings. The summed E-state index contributed by atoms with van der Waals surface area (Å²) in [5.74, 6) is -0.453. The summed E-state index contributed by atoms with van der Waals surface area (Å²) in [7, 11) is 0. The van der Waals surface area contributed by atoms with Crippen molar-refractivity contribution < 1.29 is 4.79 Å². The van der Waals surface area contributed by atoms with Crippen molar-refractivity contribution >= 4 is 44.7 Å². The van der Waals surface area contributed by atoms with E-state index in [4.69, 9.17) is 11.6 Å². The van der Waals surface area contributed by atoms with Gasteiger partial charge in [0, 0.05) is 15.5 Å². The van der Waals surface area contributed by atoms with E-state index in [0.29, 0.717) is 20.9 Å². The zero-order valence-electron chi connectivity index (χ0n) is 15.8. The molecule has 2 heterocycles. The molecule has 1 amide bonds. The Hall–Kier alpha value is -3.47. The van der Waals surface area contributed by atoms with Gasteiger partial charge in [-0.15, -0.1) is 11.3 Å². The number of thiophene rings is 1. The number of nitrogens with zero attached hydrogens (tertiary/aromatic N) is 3. The van der Waals surface area contributed by atoms with Gasteiger partial charge < -0.3 is 5.32 Å². The highest BCUT2D eigenvalue weighted by molar-refractivity contribution is 7.19. The van der Waals surface area contributed by atoms with Crippen molar-refractivity contribution in [2.75, 3.05) is 5.32 Å². The molecule has 2 aromatic carbocycles. The molecule has 0 unspecified atom stereocenters. The van der Waals surface area contributed by atoms with E-state index in [1.165, 1.54) is 34.4 Å². The Morgan fingerprint density at radius 1 is 1.27 bits per heavy atom. The number of aromatic nitrogens is 2. The zero-order valence-corrected chi connectivity index (χ0v) is 17.4. The molecule has 0 atom stereocenters. The number of amides is 1. The number of halogens is 1. The van der Waals surface area contributed by atoms with E-state index in [2.05, 4.69) is 10.3 Å². The lowest BCUT2D eigenvalue weighted by Gasteiger charge is -2.09. The van der Waals surface area contributed by atoms with Crippen LogP contribution in [0.25, 0.3) is 21.3 Å². The molecule has 0 fully saturated rings. The first kappa shape index (κ1) is 19.8. The van der Waals surface area contributed by atoms with Crippen molar-refractivity contribution in [1.82, 2.24) is 9.55 Å². The lowest BCUT2D eigenvalue weighted by Crippen LogP contribution is -2.28. The number of hydrogen-bond acceptors (Lipinski definition) is 5. The van der Waals surface area contributed by atoms with Crippen molar-refractivity contribution in [3.63, 3.8) is 0 Å². The Morgan fingerprint density at radius 3 is 2.77 bits per heavy atom. The molecule has 4 aromatic rings. The highest BCUT2D eigenvalue weighted by Gasteiger charge is 2.18. The van der Waals surface area contributed by atoms with Crippen LogP contribution in [0.5, 0.6) is 0 Å². The minimum atomic E-state index is -0.453. The van der Waals surface area contributed by atoms with Gasteiger partial charge in [0.15, 0.2) is 0 Å². The van der Waals surface area contributed by atoms with Crippen LogP contribution in [0.3, 0.4) is 0 Å². The monoisotopic (exact) mass is 434 g/mol. The standard InChI is InChI=1S/C22H15ClN4O2S/c1-13-19(14-5-3-2-4-6-14)20-21(30-13)25-12-27(22(20)29)11-18(28)26-17-9-16(23)8-7-15(17)10-24/h2-9,12H,11H2,1H3,(H,26,28). The zero-order chi connectivity index (χ0) is 21.3. The minimum absolute atomic E-state index is 0.234. The molecule has 0 spiro atoms. The maximum absolute atomic E-state index is 13.2. The Morgan fingerprint density at radius 2 is 2.03 bits per heavy atom. The van der Waals surface area contributed by atoms with Gasteiger partial charge in [-0.1, -0.05) is 41.9 Å². The summed E-state index contributed by atoms with van der Waals surface area (Å²) in [6, 6.07) is 16.2. The van der Waals surface area contributed by atoms with Crippen LogP contribution in [-0.2, 0) is 11.3 Å². The Labute approximate surface area is 181 Å². The summed E-state index contributed by atoms with van der Waals surface area (Å²) in [6.45, 7) is 1.72. The molecule has 8 heteroatoms. The van der Waals surface area contributed by atoms with Crippen LogP contribution in [0.15, 0.2) is 59.7 Å². The number of anilines is 1. The fourth-order valence-electron chi connectivity index (χ4n) is 3.26. The van der Waals surface area contributed by atoms with Gasteiger partial charge in [0.05, 0.1) is 23.0 Å². The molecule has 1 N–H and O–H groups in total. The van der Waals surface area contributed by atoms with Crippen molar-refractivity contribution in [2.45, 2.75) is 13.5 Å². The lowest BCUT2D eigenvalue weighted by molar-refractivity contribution is -0.116. The number of hydrogen-bond donors (Lipinski definition) is 1. The van der Waals surface area contributed by atoms with Gasteiger partial charge in [0.1, 0.15) is 17.4 Å². The largest absolute Gasteiger partial charge is 0.323 e. The van der Waals surface area contributed by atoms with Gasteiger partial charge in [-0.05, 0) is 30.7 Å². The average molecular weight is 435 g/mol. The van der Waals surface area contributed by atoms with Gasteiger partial charge in [-0.25, -0.2) is 4.98 Å². The second-order valence-corrected chi connectivity index (χ2v) is 8.25. The third-order valence-electron chi connectivity index (χ3n) is 4.61. The van der Waals surface area contributed by atoms with Gasteiger partial charge in [0.2, 0.25) is 5.91 Å². The highest BCUT2D eigenvalue weighted by Crippen LogP contribution is 2.35.